The van der Waals surface area contributed by atoms with Crippen LogP contribution in [0.1, 0.15) is 53.6 Å². The zero-order chi connectivity index (χ0) is 23.8. The van der Waals surface area contributed by atoms with E-state index in [2.05, 4.69) is 26.2 Å². The second-order valence-corrected chi connectivity index (χ2v) is 8.74. The van der Waals surface area contributed by atoms with Crippen LogP contribution in [0.5, 0.6) is 0 Å². The molecular weight excluding hydrogens is 492 g/mol. The van der Waals surface area contributed by atoms with Gasteiger partial charge in [-0.2, -0.15) is 5.48 Å². The van der Waals surface area contributed by atoms with Crippen LogP contribution in [0, 0.1) is 10.1 Å². The number of amides is 1. The molecule has 2 aromatic carbocycles. The first kappa shape index (κ1) is 24.8. The summed E-state index contributed by atoms with van der Waals surface area (Å²) in [5.74, 6) is -0.148. The van der Waals surface area contributed by atoms with E-state index in [9.17, 15) is 20.0 Å². The monoisotopic (exact) mass is 518 g/mol. The number of fused-ring (bicyclic) bond motifs is 1. The number of halogens is 1. The highest BCUT2D eigenvalue weighted by Gasteiger charge is 2.13. The minimum atomic E-state index is -0.888. The van der Waals surface area contributed by atoms with E-state index in [1.165, 1.54) is 6.07 Å². The molecule has 0 fully saturated rings. The number of rotatable bonds is 12. The molecule has 9 nitrogen and oxygen atoms in total. The van der Waals surface area contributed by atoms with E-state index in [0.29, 0.717) is 24.9 Å². The van der Waals surface area contributed by atoms with Gasteiger partial charge in [0.25, 0.3) is 11.6 Å². The van der Waals surface area contributed by atoms with Gasteiger partial charge in [-0.15, -0.1) is 0 Å². The van der Waals surface area contributed by atoms with Gasteiger partial charge in [0, 0.05) is 52.2 Å². The molecule has 1 amide bonds. The Morgan fingerprint density at radius 2 is 1.91 bits per heavy atom. The van der Waals surface area contributed by atoms with Gasteiger partial charge < -0.3 is 20.6 Å². The van der Waals surface area contributed by atoms with Crippen molar-refractivity contribution in [3.05, 3.63) is 73.9 Å². The summed E-state index contributed by atoms with van der Waals surface area (Å²) in [6, 6.07) is 10.2. The quantitative estimate of drug-likeness (QED) is 0.104. The van der Waals surface area contributed by atoms with E-state index >= 15 is 0 Å². The summed E-state index contributed by atoms with van der Waals surface area (Å²) in [7, 11) is 0. The van der Waals surface area contributed by atoms with Crippen LogP contribution in [0.3, 0.4) is 0 Å². The van der Waals surface area contributed by atoms with Crippen molar-refractivity contribution >= 4 is 38.4 Å². The van der Waals surface area contributed by atoms with Crippen LogP contribution in [0.25, 0.3) is 10.9 Å². The van der Waals surface area contributed by atoms with Crippen molar-refractivity contribution in [1.82, 2.24) is 15.8 Å². The van der Waals surface area contributed by atoms with Gasteiger partial charge in [0.15, 0.2) is 0 Å². The fourth-order valence-corrected chi connectivity index (χ4v) is 4.17. The zero-order valence-corrected chi connectivity index (χ0v) is 19.6. The lowest BCUT2D eigenvalue weighted by atomic mass is 10.0. The van der Waals surface area contributed by atoms with Gasteiger partial charge >= 0.3 is 0 Å². The maximum absolute atomic E-state index is 12.4. The van der Waals surface area contributed by atoms with Gasteiger partial charge in [0.1, 0.15) is 6.23 Å². The van der Waals surface area contributed by atoms with Gasteiger partial charge in [-0.25, -0.2) is 0 Å². The Morgan fingerprint density at radius 3 is 2.64 bits per heavy atom. The van der Waals surface area contributed by atoms with Crippen molar-refractivity contribution < 1.29 is 20.0 Å². The van der Waals surface area contributed by atoms with Crippen LogP contribution in [-0.2, 0) is 6.42 Å². The molecule has 0 aliphatic carbocycles. The van der Waals surface area contributed by atoms with Crippen molar-refractivity contribution in [3.63, 3.8) is 0 Å². The number of benzene rings is 2. The Kier molecular flexibility index (Phi) is 8.95. The van der Waals surface area contributed by atoms with Gasteiger partial charge in [-0.1, -0.05) is 34.8 Å². The molecule has 0 aliphatic heterocycles. The highest BCUT2D eigenvalue weighted by Crippen LogP contribution is 2.28. The minimum absolute atomic E-state index is 0.0502. The lowest BCUT2D eigenvalue weighted by Crippen LogP contribution is -2.25. The normalized spacial score (nSPS) is 12.1. The van der Waals surface area contributed by atoms with Crippen molar-refractivity contribution in [1.29, 1.82) is 0 Å². The number of H-pyrrole nitrogens is 1. The predicted molar refractivity (Wildman–Crippen MR) is 128 cm³/mol. The van der Waals surface area contributed by atoms with Crippen LogP contribution in [0.15, 0.2) is 47.1 Å². The molecule has 0 spiro atoms. The molecule has 3 aromatic rings. The zero-order valence-electron chi connectivity index (χ0n) is 18.0. The number of aromatic nitrogens is 1. The average Bonchev–Trinajstić information content (AvgIpc) is 3.21. The van der Waals surface area contributed by atoms with Gasteiger partial charge in [-0.05, 0) is 48.6 Å². The molecule has 3 rings (SSSR count). The van der Waals surface area contributed by atoms with E-state index in [1.807, 2.05) is 12.3 Å². The first-order chi connectivity index (χ1) is 15.9. The maximum Gasteiger partial charge on any atom is 0.270 e. The number of aromatic amines is 1. The number of aliphatic hydroxyl groups is 1. The molecule has 33 heavy (non-hydrogen) atoms. The SMILES string of the molecule is O=C(NCCCCCCC(O)NO)c1ccc(Cc2c[nH]c3ccc([N+](=O)[O-])cc23)c(Br)c1. The first-order valence-electron chi connectivity index (χ1n) is 10.8. The smallest absolute Gasteiger partial charge is 0.270 e. The van der Waals surface area contributed by atoms with Crippen molar-refractivity contribution in [2.24, 2.45) is 0 Å². The number of hydrogen-bond donors (Lipinski definition) is 5. The molecule has 0 bridgehead atoms. The second kappa shape index (κ2) is 11.9. The third kappa shape index (κ3) is 6.84. The number of nitro groups is 1. The summed E-state index contributed by atoms with van der Waals surface area (Å²) in [6.45, 7) is 0.563. The molecule has 0 saturated heterocycles. The molecular formula is C23H27BrN4O5. The van der Waals surface area contributed by atoms with E-state index in [1.54, 1.807) is 29.7 Å². The highest BCUT2D eigenvalue weighted by molar-refractivity contribution is 9.10. The molecule has 0 saturated carbocycles. The predicted octanol–water partition coefficient (Wildman–Crippen LogP) is 4.41. The topological polar surface area (TPSA) is 141 Å². The number of carbonyl (C=O) groups is 1. The van der Waals surface area contributed by atoms with Crippen LogP contribution in [0.2, 0.25) is 0 Å². The Morgan fingerprint density at radius 1 is 1.12 bits per heavy atom. The highest BCUT2D eigenvalue weighted by atomic mass is 79.9. The molecule has 0 radical (unpaired) electrons. The van der Waals surface area contributed by atoms with Gasteiger partial charge in [-0.3, -0.25) is 14.9 Å². The number of non-ortho nitro benzene ring substituents is 1. The Balaban J connectivity index is 1.54. The maximum atomic E-state index is 12.4. The fraction of sp³-hybridized carbons (Fsp3) is 0.348. The minimum Gasteiger partial charge on any atom is -0.377 e. The third-order valence-electron chi connectivity index (χ3n) is 5.50. The summed E-state index contributed by atoms with van der Waals surface area (Å²) in [6.07, 6.45) is 5.46. The number of carbonyl (C=O) groups excluding carboxylic acids is 1. The van der Waals surface area contributed by atoms with Gasteiger partial charge in [0.2, 0.25) is 0 Å². The van der Waals surface area contributed by atoms with Crippen molar-refractivity contribution in [2.45, 2.75) is 44.8 Å². The van der Waals surface area contributed by atoms with E-state index in [4.69, 9.17) is 5.21 Å². The number of nitrogens with one attached hydrogen (secondary N) is 3. The van der Waals surface area contributed by atoms with E-state index < -0.39 is 11.2 Å². The lowest BCUT2D eigenvalue weighted by Gasteiger charge is -2.09. The Hall–Kier alpha value is -2.79. The fourth-order valence-electron chi connectivity index (χ4n) is 3.65. The summed E-state index contributed by atoms with van der Waals surface area (Å²) >= 11 is 3.55. The summed E-state index contributed by atoms with van der Waals surface area (Å²) in [4.78, 5) is 26.3. The Bertz CT molecular complexity index is 1120. The van der Waals surface area contributed by atoms with Crippen molar-refractivity contribution in [3.8, 4) is 0 Å². The molecule has 176 valence electrons. The Labute approximate surface area is 199 Å². The number of nitrogens with zero attached hydrogens (tertiary/aromatic N) is 1. The van der Waals surface area contributed by atoms with Gasteiger partial charge in [0.05, 0.1) is 4.92 Å². The van der Waals surface area contributed by atoms with Crippen LogP contribution in [0.4, 0.5) is 5.69 Å². The number of hydroxylamine groups is 1. The third-order valence-corrected chi connectivity index (χ3v) is 6.24. The summed E-state index contributed by atoms with van der Waals surface area (Å²) < 4.78 is 0.797. The molecule has 0 aliphatic rings. The molecule has 1 aromatic heterocycles. The molecule has 1 atom stereocenters. The average molecular weight is 519 g/mol. The number of hydrogen-bond acceptors (Lipinski definition) is 6. The summed E-state index contributed by atoms with van der Waals surface area (Å²) in [5, 5.41) is 32.6. The largest absolute Gasteiger partial charge is 0.377 e. The van der Waals surface area contributed by atoms with Crippen LogP contribution in [-0.4, -0.2) is 38.9 Å². The number of nitro benzene ring substituents is 1. The van der Waals surface area contributed by atoms with E-state index in [-0.39, 0.29) is 11.6 Å². The number of aliphatic hydroxyl groups excluding tert-OH is 1. The first-order valence-corrected chi connectivity index (χ1v) is 11.6. The molecule has 5 N–H and O–H groups in total. The molecule has 1 unspecified atom stereocenters. The van der Waals surface area contributed by atoms with Crippen LogP contribution < -0.4 is 10.8 Å². The van der Waals surface area contributed by atoms with E-state index in [0.717, 1.165) is 52.2 Å². The lowest BCUT2D eigenvalue weighted by molar-refractivity contribution is -0.384. The molecule has 1 heterocycles. The molecule has 10 heteroatoms. The number of unbranched alkanes of at least 4 members (excludes halogenated alkanes) is 3. The van der Waals surface area contributed by atoms with Crippen LogP contribution >= 0.6 is 15.9 Å². The van der Waals surface area contributed by atoms with Crippen molar-refractivity contribution in [2.75, 3.05) is 6.54 Å². The standard InChI is InChI=1S/C23H27BrN4O5/c24-20-12-16(23(30)25-10-4-2-1-3-5-22(29)27-31)7-6-15(20)11-17-14-26-21-9-8-18(28(32)33)13-19(17)21/h6-9,12-14,22,26-27,29,31H,1-5,10-11H2,(H,25,30). The second-order valence-electron chi connectivity index (χ2n) is 7.89. The summed E-state index contributed by atoms with van der Waals surface area (Å²) in [5.41, 5.74) is 5.15.